The van der Waals surface area contributed by atoms with Crippen molar-refractivity contribution in [2.75, 3.05) is 13.2 Å². The fourth-order valence-electron chi connectivity index (χ4n) is 2.93. The molecule has 0 saturated carbocycles. The minimum atomic E-state index is -0.522. The first-order valence-electron chi connectivity index (χ1n) is 7.64. The summed E-state index contributed by atoms with van der Waals surface area (Å²) in [7, 11) is 0. The van der Waals surface area contributed by atoms with E-state index in [1.807, 2.05) is 36.4 Å². The molecule has 1 heterocycles. The van der Waals surface area contributed by atoms with E-state index >= 15 is 0 Å². The van der Waals surface area contributed by atoms with E-state index in [-0.39, 0.29) is 0 Å². The Morgan fingerprint density at radius 2 is 1.50 bits per heavy atom. The second kappa shape index (κ2) is 6.74. The fraction of sp³-hybridized carbons (Fsp3) is 0.316. The Morgan fingerprint density at radius 1 is 0.955 bits per heavy atom. The molecule has 3 nitrogen and oxygen atoms in total. The van der Waals surface area contributed by atoms with Gasteiger partial charge in [-0.3, -0.25) is 4.90 Å². The first-order valence-corrected chi connectivity index (χ1v) is 7.64. The summed E-state index contributed by atoms with van der Waals surface area (Å²) in [6.07, 6.45) is 0.767. The van der Waals surface area contributed by atoms with Crippen molar-refractivity contribution in [1.82, 2.24) is 4.90 Å². The van der Waals surface area contributed by atoms with E-state index in [4.69, 9.17) is 4.74 Å². The standard InChI is InChI=1S/C19H20N2O/c20-15-19(11-12-22-16-19)21(13-17-7-3-1-4-8-17)14-18-9-5-2-6-10-18/h1-10H,11-14,16H2. The van der Waals surface area contributed by atoms with Crippen molar-refractivity contribution in [2.24, 2.45) is 0 Å². The van der Waals surface area contributed by atoms with Crippen molar-refractivity contribution < 1.29 is 4.74 Å². The second-order valence-corrected chi connectivity index (χ2v) is 5.77. The second-order valence-electron chi connectivity index (χ2n) is 5.77. The third-order valence-corrected chi connectivity index (χ3v) is 4.25. The lowest BCUT2D eigenvalue weighted by molar-refractivity contribution is 0.0917. The number of hydrogen-bond acceptors (Lipinski definition) is 3. The summed E-state index contributed by atoms with van der Waals surface area (Å²) < 4.78 is 5.54. The van der Waals surface area contributed by atoms with Gasteiger partial charge in [0.15, 0.2) is 0 Å². The van der Waals surface area contributed by atoms with Crippen LogP contribution in [0.5, 0.6) is 0 Å². The molecule has 3 heteroatoms. The maximum absolute atomic E-state index is 9.77. The molecule has 1 aliphatic heterocycles. The third-order valence-electron chi connectivity index (χ3n) is 4.25. The average molecular weight is 292 g/mol. The summed E-state index contributed by atoms with van der Waals surface area (Å²) in [5.74, 6) is 0. The Kier molecular flexibility index (Phi) is 4.53. The van der Waals surface area contributed by atoms with Gasteiger partial charge in [0, 0.05) is 26.1 Å². The van der Waals surface area contributed by atoms with Crippen molar-refractivity contribution in [1.29, 1.82) is 5.26 Å². The maximum Gasteiger partial charge on any atom is 0.135 e. The quantitative estimate of drug-likeness (QED) is 0.847. The monoisotopic (exact) mass is 292 g/mol. The van der Waals surface area contributed by atoms with Crippen molar-refractivity contribution >= 4 is 0 Å². The topological polar surface area (TPSA) is 36.3 Å². The molecule has 1 saturated heterocycles. The lowest BCUT2D eigenvalue weighted by Gasteiger charge is -2.35. The van der Waals surface area contributed by atoms with Gasteiger partial charge in [0.25, 0.3) is 0 Å². The van der Waals surface area contributed by atoms with Crippen LogP contribution in [0.3, 0.4) is 0 Å². The summed E-state index contributed by atoms with van der Waals surface area (Å²) in [6, 6.07) is 23.2. The highest BCUT2D eigenvalue weighted by molar-refractivity contribution is 5.21. The predicted molar refractivity (Wildman–Crippen MR) is 85.9 cm³/mol. The summed E-state index contributed by atoms with van der Waals surface area (Å²) in [5, 5.41) is 9.77. The first-order chi connectivity index (χ1) is 10.8. The number of benzene rings is 2. The van der Waals surface area contributed by atoms with Crippen LogP contribution in [-0.2, 0) is 17.8 Å². The Morgan fingerprint density at radius 3 is 1.91 bits per heavy atom. The molecule has 3 rings (SSSR count). The van der Waals surface area contributed by atoms with Gasteiger partial charge in [-0.15, -0.1) is 0 Å². The van der Waals surface area contributed by atoms with Gasteiger partial charge in [-0.05, 0) is 11.1 Å². The molecule has 1 atom stereocenters. The van der Waals surface area contributed by atoms with Gasteiger partial charge >= 0.3 is 0 Å². The predicted octanol–water partition coefficient (Wildman–Crippen LogP) is 3.37. The molecule has 0 bridgehead atoms. The number of nitrogens with zero attached hydrogens (tertiary/aromatic N) is 2. The normalized spacial score (nSPS) is 20.9. The van der Waals surface area contributed by atoms with E-state index in [1.165, 1.54) is 11.1 Å². The van der Waals surface area contributed by atoms with E-state index in [1.54, 1.807) is 0 Å². The number of hydrogen-bond donors (Lipinski definition) is 0. The molecule has 0 spiro atoms. The van der Waals surface area contributed by atoms with Crippen LogP contribution in [0.1, 0.15) is 17.5 Å². The molecule has 2 aromatic rings. The lowest BCUT2D eigenvalue weighted by atomic mass is 9.96. The Balaban J connectivity index is 1.86. The zero-order valence-electron chi connectivity index (χ0n) is 12.6. The minimum absolute atomic E-state index is 0.489. The van der Waals surface area contributed by atoms with Crippen molar-refractivity contribution in [3.8, 4) is 6.07 Å². The SMILES string of the molecule is N#CC1(N(Cc2ccccc2)Cc2ccccc2)CCOC1. The van der Waals surface area contributed by atoms with Crippen LogP contribution in [0.4, 0.5) is 0 Å². The third kappa shape index (κ3) is 3.19. The maximum atomic E-state index is 9.77. The molecular weight excluding hydrogens is 272 g/mol. The van der Waals surface area contributed by atoms with Gasteiger partial charge in [-0.25, -0.2) is 0 Å². The molecule has 112 valence electrons. The zero-order valence-corrected chi connectivity index (χ0v) is 12.6. The van der Waals surface area contributed by atoms with Crippen molar-refractivity contribution in [2.45, 2.75) is 25.0 Å². The number of ether oxygens (including phenoxy) is 1. The average Bonchev–Trinajstić information content (AvgIpc) is 3.06. The highest BCUT2D eigenvalue weighted by Crippen LogP contribution is 2.29. The van der Waals surface area contributed by atoms with Crippen LogP contribution in [0, 0.1) is 11.3 Å². The largest absolute Gasteiger partial charge is 0.378 e. The molecule has 1 aliphatic rings. The van der Waals surface area contributed by atoms with Gasteiger partial charge in [0.2, 0.25) is 0 Å². The van der Waals surface area contributed by atoms with Gasteiger partial charge in [-0.2, -0.15) is 5.26 Å². The molecule has 0 aliphatic carbocycles. The van der Waals surface area contributed by atoms with Crippen LogP contribution in [0.25, 0.3) is 0 Å². The van der Waals surface area contributed by atoms with Crippen LogP contribution in [-0.4, -0.2) is 23.7 Å². The molecular formula is C19H20N2O. The van der Waals surface area contributed by atoms with Crippen LogP contribution in [0.2, 0.25) is 0 Å². The summed E-state index contributed by atoms with van der Waals surface area (Å²) >= 11 is 0. The van der Waals surface area contributed by atoms with Gasteiger partial charge in [-0.1, -0.05) is 60.7 Å². The van der Waals surface area contributed by atoms with Crippen LogP contribution in [0.15, 0.2) is 60.7 Å². The summed E-state index contributed by atoms with van der Waals surface area (Å²) in [6.45, 7) is 2.66. The molecule has 0 radical (unpaired) electrons. The summed E-state index contributed by atoms with van der Waals surface area (Å²) in [5.41, 5.74) is 1.92. The smallest absolute Gasteiger partial charge is 0.135 e. The van der Waals surface area contributed by atoms with Crippen molar-refractivity contribution in [3.05, 3.63) is 71.8 Å². The Labute approximate surface area is 131 Å². The van der Waals surface area contributed by atoms with E-state index < -0.39 is 5.54 Å². The van der Waals surface area contributed by atoms with Crippen molar-refractivity contribution in [3.63, 3.8) is 0 Å². The van der Waals surface area contributed by atoms with Crippen LogP contribution < -0.4 is 0 Å². The first kappa shape index (κ1) is 14.8. The number of rotatable bonds is 5. The Hall–Kier alpha value is -2.15. The molecule has 1 unspecified atom stereocenters. The molecule has 0 aromatic heterocycles. The molecule has 2 aromatic carbocycles. The van der Waals surface area contributed by atoms with E-state index in [0.29, 0.717) is 13.2 Å². The highest BCUT2D eigenvalue weighted by atomic mass is 16.5. The molecule has 22 heavy (non-hydrogen) atoms. The molecule has 1 fully saturated rings. The lowest BCUT2D eigenvalue weighted by Crippen LogP contribution is -2.47. The van der Waals surface area contributed by atoms with Gasteiger partial charge < -0.3 is 4.74 Å². The van der Waals surface area contributed by atoms with E-state index in [0.717, 1.165) is 19.5 Å². The summed E-state index contributed by atoms with van der Waals surface area (Å²) in [4.78, 5) is 2.25. The van der Waals surface area contributed by atoms with E-state index in [9.17, 15) is 5.26 Å². The van der Waals surface area contributed by atoms with Gasteiger partial charge in [0.1, 0.15) is 5.54 Å². The minimum Gasteiger partial charge on any atom is -0.378 e. The zero-order chi connectivity index (χ0) is 15.3. The van der Waals surface area contributed by atoms with E-state index in [2.05, 4.69) is 35.2 Å². The fourth-order valence-corrected chi connectivity index (χ4v) is 2.93. The highest BCUT2D eigenvalue weighted by Gasteiger charge is 2.41. The number of nitriles is 1. The molecule has 0 N–H and O–H groups in total. The Bertz CT molecular complexity index is 586. The molecule has 0 amide bonds. The van der Waals surface area contributed by atoms with Gasteiger partial charge in [0.05, 0.1) is 12.7 Å². The van der Waals surface area contributed by atoms with Crippen LogP contribution >= 0.6 is 0 Å².